The molecule has 6 rings (SSSR count). The molecule has 2 aliphatic heterocycles. The molecule has 4 aromatic rings. The third-order valence-corrected chi connectivity index (χ3v) is 17.0. The molecule has 2 heterocycles. The fourth-order valence-corrected chi connectivity index (χ4v) is 17.6. The van der Waals surface area contributed by atoms with Crippen LogP contribution in [0.4, 0.5) is 0 Å². The van der Waals surface area contributed by atoms with E-state index in [2.05, 4.69) is 97.1 Å². The molecular weight excluding hydrogens is 503 g/mol. The minimum absolute atomic E-state index is 0.411. The second-order valence-electron chi connectivity index (χ2n) is 8.37. The molecule has 180 valence electrons. The van der Waals surface area contributed by atoms with Crippen molar-refractivity contribution in [1.29, 1.82) is 0 Å². The zero-order chi connectivity index (χ0) is 24.3. The first-order valence-electron chi connectivity index (χ1n) is 11.8. The first kappa shape index (κ1) is 23.6. The molecule has 0 atom stereocenters. The van der Waals surface area contributed by atoms with Crippen molar-refractivity contribution in [2.45, 2.75) is 0 Å². The molecule has 0 fully saturated rings. The first-order chi connectivity index (χ1) is 17.7. The second-order valence-corrected chi connectivity index (χ2v) is 16.5. The summed E-state index contributed by atoms with van der Waals surface area (Å²) in [6.45, 7) is 0.821. The van der Waals surface area contributed by atoms with Crippen molar-refractivity contribution in [3.63, 3.8) is 0 Å². The fourth-order valence-electron chi connectivity index (χ4n) is 4.38. The Labute approximate surface area is 212 Å². The Balaban J connectivity index is 1.83. The summed E-state index contributed by atoms with van der Waals surface area (Å²) in [6, 6.07) is 41.7. The van der Waals surface area contributed by atoms with Crippen LogP contribution in [0.15, 0.2) is 147 Å². The average Bonchev–Trinajstić information content (AvgIpc) is 3.19. The van der Waals surface area contributed by atoms with Gasteiger partial charge in [0.2, 0.25) is 0 Å². The van der Waals surface area contributed by atoms with E-state index in [-0.39, 0.29) is 0 Å². The van der Waals surface area contributed by atoms with E-state index in [1.54, 1.807) is 0 Å². The van der Waals surface area contributed by atoms with E-state index in [1.807, 2.05) is 36.4 Å². The van der Waals surface area contributed by atoms with E-state index >= 15 is 0 Å². The maximum absolute atomic E-state index is 6.49. The van der Waals surface area contributed by atoms with Crippen molar-refractivity contribution >= 4 is 43.3 Å². The summed E-state index contributed by atoms with van der Waals surface area (Å²) in [4.78, 5) is 0. The Hall–Kier alpha value is -2.77. The van der Waals surface area contributed by atoms with Crippen LogP contribution in [-0.2, 0) is 9.05 Å². The van der Waals surface area contributed by atoms with Crippen molar-refractivity contribution < 1.29 is 9.05 Å². The van der Waals surface area contributed by atoms with Gasteiger partial charge in [0, 0.05) is 21.2 Å². The molecule has 0 bridgehead atoms. The molecule has 0 aromatic heterocycles. The maximum atomic E-state index is 6.49. The molecule has 2 aliphatic rings. The fraction of sp³-hybridized carbons (Fsp3) is 0.0714. The topological polar surface area (TPSA) is 55.5 Å². The molecule has 0 N–H and O–H groups in total. The number of benzene rings is 4. The van der Waals surface area contributed by atoms with Gasteiger partial charge in [-0.1, -0.05) is 133 Å². The van der Waals surface area contributed by atoms with Crippen LogP contribution in [-0.4, -0.2) is 13.2 Å². The van der Waals surface area contributed by atoms with Crippen molar-refractivity contribution in [2.75, 3.05) is 13.2 Å². The third kappa shape index (κ3) is 4.22. The van der Waals surface area contributed by atoms with Gasteiger partial charge in [-0.05, 0) is 0 Å². The highest BCUT2D eigenvalue weighted by molar-refractivity contribution is 7.95. The lowest BCUT2D eigenvalue weighted by molar-refractivity contribution is 0.293. The standard InChI is InChI=1S/C28H26N3O2P3/c1-5-15-25(16-6-1)34(26-17-7-2-8-18-26)29-35(27-19-9-3-10-20-27,28-21-11-4-12-22-28)31-36(30-34)32-23-13-14-24-33-36/h1-22H,23-24H2. The molecule has 0 saturated heterocycles. The van der Waals surface area contributed by atoms with Gasteiger partial charge in [-0.25, -0.2) is 4.52 Å². The highest BCUT2D eigenvalue weighted by Gasteiger charge is 2.42. The Kier molecular flexibility index (Phi) is 6.52. The van der Waals surface area contributed by atoms with Crippen LogP contribution in [0.3, 0.4) is 0 Å². The van der Waals surface area contributed by atoms with Crippen LogP contribution in [0.25, 0.3) is 0 Å². The zero-order valence-corrected chi connectivity index (χ0v) is 22.3. The summed E-state index contributed by atoms with van der Waals surface area (Å²) in [5, 5.41) is 4.30. The molecular formula is C28H26N3O2P3. The largest absolute Gasteiger partial charge is 0.343 e. The SMILES string of the molecule is C1=CCOP2(=NP(c3ccccc3)(c3ccccc3)=NP(c3ccccc3)(c3ccccc3)=N2)OC1. The summed E-state index contributed by atoms with van der Waals surface area (Å²) < 4.78 is 29.8. The Morgan fingerprint density at radius 1 is 0.417 bits per heavy atom. The number of hydrogen-bond donors (Lipinski definition) is 0. The van der Waals surface area contributed by atoms with E-state index in [0.717, 1.165) is 21.2 Å². The normalized spacial score (nSPS) is 19.3. The zero-order valence-electron chi connectivity index (χ0n) is 19.6. The molecule has 0 amide bonds. The maximum Gasteiger partial charge on any atom is 0.343 e. The smallest absolute Gasteiger partial charge is 0.302 e. The molecule has 5 nitrogen and oxygen atoms in total. The quantitative estimate of drug-likeness (QED) is 0.210. The lowest BCUT2D eigenvalue weighted by Gasteiger charge is -2.36. The molecule has 0 aliphatic carbocycles. The average molecular weight is 529 g/mol. The third-order valence-electron chi connectivity index (χ3n) is 6.05. The second kappa shape index (κ2) is 9.94. The summed E-state index contributed by atoms with van der Waals surface area (Å²) in [5.41, 5.74) is 0. The van der Waals surface area contributed by atoms with E-state index in [4.69, 9.17) is 22.6 Å². The summed E-state index contributed by atoms with van der Waals surface area (Å²) in [6.07, 6.45) is 3.98. The summed E-state index contributed by atoms with van der Waals surface area (Å²) in [7, 11) is -8.49. The van der Waals surface area contributed by atoms with Gasteiger partial charge in [-0.3, -0.25) is 0 Å². The van der Waals surface area contributed by atoms with E-state index in [1.165, 1.54) is 0 Å². The molecule has 8 heteroatoms. The predicted octanol–water partition coefficient (Wildman–Crippen LogP) is 7.08. The van der Waals surface area contributed by atoms with E-state index < -0.39 is 22.1 Å². The molecule has 4 aromatic carbocycles. The Bertz CT molecular complexity index is 1370. The van der Waals surface area contributed by atoms with Crippen LogP contribution in [0.1, 0.15) is 0 Å². The Morgan fingerprint density at radius 2 is 0.750 bits per heavy atom. The lowest BCUT2D eigenvalue weighted by atomic mass is 10.4. The first-order valence-corrected chi connectivity index (χ1v) is 16.7. The van der Waals surface area contributed by atoms with Crippen LogP contribution >= 0.6 is 22.1 Å². The highest BCUT2D eigenvalue weighted by Crippen LogP contribution is 2.77. The van der Waals surface area contributed by atoms with Gasteiger partial charge in [0.15, 0.2) is 0 Å². The van der Waals surface area contributed by atoms with Gasteiger partial charge >= 0.3 is 7.66 Å². The summed E-state index contributed by atoms with van der Waals surface area (Å²) >= 11 is 0. The molecule has 0 saturated carbocycles. The molecule has 0 unspecified atom stereocenters. The van der Waals surface area contributed by atoms with Crippen molar-refractivity contribution in [3.05, 3.63) is 133 Å². The molecule has 36 heavy (non-hydrogen) atoms. The molecule has 1 spiro atoms. The van der Waals surface area contributed by atoms with Crippen molar-refractivity contribution in [2.24, 2.45) is 13.5 Å². The van der Waals surface area contributed by atoms with Crippen molar-refractivity contribution in [3.8, 4) is 0 Å². The van der Waals surface area contributed by atoms with Crippen molar-refractivity contribution in [1.82, 2.24) is 0 Å². The summed E-state index contributed by atoms with van der Waals surface area (Å²) in [5.74, 6) is 0. The minimum Gasteiger partial charge on any atom is -0.302 e. The van der Waals surface area contributed by atoms with Gasteiger partial charge in [0.1, 0.15) is 14.4 Å². The van der Waals surface area contributed by atoms with Gasteiger partial charge in [-0.2, -0.15) is 9.03 Å². The lowest BCUT2D eigenvalue weighted by Crippen LogP contribution is -2.21. The van der Waals surface area contributed by atoms with E-state index in [0.29, 0.717) is 13.2 Å². The van der Waals surface area contributed by atoms with Gasteiger partial charge in [0.05, 0.1) is 13.2 Å². The number of hydrogen-bond acceptors (Lipinski definition) is 5. The molecule has 0 radical (unpaired) electrons. The van der Waals surface area contributed by atoms with Crippen LogP contribution < -0.4 is 21.2 Å². The van der Waals surface area contributed by atoms with Gasteiger partial charge < -0.3 is 9.05 Å². The van der Waals surface area contributed by atoms with E-state index in [9.17, 15) is 0 Å². The van der Waals surface area contributed by atoms with Gasteiger partial charge in [-0.15, -0.1) is 0 Å². The van der Waals surface area contributed by atoms with Crippen LogP contribution in [0.2, 0.25) is 0 Å². The number of nitrogens with zero attached hydrogens (tertiary/aromatic N) is 3. The number of rotatable bonds is 4. The Morgan fingerprint density at radius 3 is 1.11 bits per heavy atom. The minimum atomic E-state index is -3.04. The van der Waals surface area contributed by atoms with Crippen LogP contribution in [0.5, 0.6) is 0 Å². The van der Waals surface area contributed by atoms with Crippen LogP contribution in [0, 0.1) is 0 Å². The monoisotopic (exact) mass is 529 g/mol. The predicted molar refractivity (Wildman–Crippen MR) is 153 cm³/mol. The highest BCUT2D eigenvalue weighted by atomic mass is 31.3. The van der Waals surface area contributed by atoms with Gasteiger partial charge in [0.25, 0.3) is 0 Å².